The van der Waals surface area contributed by atoms with E-state index in [4.69, 9.17) is 10.5 Å². The van der Waals surface area contributed by atoms with Crippen LogP contribution in [0.2, 0.25) is 0 Å². The van der Waals surface area contributed by atoms with Crippen LogP contribution in [0.25, 0.3) is 0 Å². The number of ether oxygens (including phenoxy) is 1. The van der Waals surface area contributed by atoms with Crippen molar-refractivity contribution in [3.05, 3.63) is 29.8 Å². The Bertz CT molecular complexity index is 315. The molecule has 1 atom stereocenters. The largest absolute Gasteiger partial charge is 0.496 e. The van der Waals surface area contributed by atoms with Crippen molar-refractivity contribution >= 4 is 0 Å². The molecule has 0 bridgehead atoms. The first kappa shape index (κ1) is 9.49. The molecular formula is C11H16N2O. The van der Waals surface area contributed by atoms with E-state index in [0.29, 0.717) is 6.54 Å². The standard InChI is InChI=1S/C11H16N2O/c1-14-10-5-3-2-4-9(10)11(8-12)6-7-13-11/h2-5,13H,6-8,12H2,1H3. The highest BCUT2D eigenvalue weighted by atomic mass is 16.5. The summed E-state index contributed by atoms with van der Waals surface area (Å²) in [5.41, 5.74) is 6.93. The van der Waals surface area contributed by atoms with Gasteiger partial charge in [0.2, 0.25) is 0 Å². The van der Waals surface area contributed by atoms with E-state index in [1.807, 2.05) is 18.2 Å². The van der Waals surface area contributed by atoms with Crippen molar-refractivity contribution in [1.82, 2.24) is 5.32 Å². The van der Waals surface area contributed by atoms with Gasteiger partial charge < -0.3 is 15.8 Å². The molecule has 3 N–H and O–H groups in total. The Labute approximate surface area is 84.3 Å². The lowest BCUT2D eigenvalue weighted by Crippen LogP contribution is -2.58. The molecule has 1 aliphatic rings. The maximum atomic E-state index is 5.81. The smallest absolute Gasteiger partial charge is 0.123 e. The fourth-order valence-corrected chi connectivity index (χ4v) is 1.98. The summed E-state index contributed by atoms with van der Waals surface area (Å²) in [6.07, 6.45) is 1.09. The third-order valence-electron chi connectivity index (χ3n) is 2.99. The Kier molecular flexibility index (Phi) is 2.44. The summed E-state index contributed by atoms with van der Waals surface area (Å²) in [5, 5.41) is 3.39. The lowest BCUT2D eigenvalue weighted by molar-refractivity contribution is 0.211. The van der Waals surface area contributed by atoms with Gasteiger partial charge in [-0.15, -0.1) is 0 Å². The van der Waals surface area contributed by atoms with E-state index in [9.17, 15) is 0 Å². The van der Waals surface area contributed by atoms with Crippen LogP contribution in [0.15, 0.2) is 24.3 Å². The molecule has 0 aliphatic carbocycles. The number of nitrogens with two attached hydrogens (primary N) is 1. The Morgan fingerprint density at radius 2 is 2.21 bits per heavy atom. The molecule has 1 heterocycles. The van der Waals surface area contributed by atoms with Gasteiger partial charge in [0.05, 0.1) is 12.6 Å². The molecule has 14 heavy (non-hydrogen) atoms. The minimum absolute atomic E-state index is 0.0490. The summed E-state index contributed by atoms with van der Waals surface area (Å²) in [6.45, 7) is 1.66. The van der Waals surface area contributed by atoms with Gasteiger partial charge in [-0.25, -0.2) is 0 Å². The second-order valence-electron chi connectivity index (χ2n) is 3.66. The van der Waals surface area contributed by atoms with Crippen LogP contribution in [0.3, 0.4) is 0 Å². The summed E-state index contributed by atoms with van der Waals surface area (Å²) in [4.78, 5) is 0. The molecule has 0 amide bonds. The molecule has 1 saturated heterocycles. The molecule has 0 aromatic heterocycles. The number of methoxy groups -OCH3 is 1. The van der Waals surface area contributed by atoms with Gasteiger partial charge >= 0.3 is 0 Å². The van der Waals surface area contributed by atoms with Crippen molar-refractivity contribution < 1.29 is 4.74 Å². The quantitative estimate of drug-likeness (QED) is 0.746. The lowest BCUT2D eigenvalue weighted by Gasteiger charge is -2.43. The average molecular weight is 192 g/mol. The van der Waals surface area contributed by atoms with Crippen LogP contribution >= 0.6 is 0 Å². The number of hydrogen-bond donors (Lipinski definition) is 2. The first-order valence-corrected chi connectivity index (χ1v) is 4.91. The minimum atomic E-state index is -0.0490. The van der Waals surface area contributed by atoms with E-state index in [-0.39, 0.29) is 5.54 Å². The molecule has 0 radical (unpaired) electrons. The van der Waals surface area contributed by atoms with Crippen LogP contribution in [0.1, 0.15) is 12.0 Å². The van der Waals surface area contributed by atoms with Crippen molar-refractivity contribution in [1.29, 1.82) is 0 Å². The van der Waals surface area contributed by atoms with Gasteiger partial charge in [0.15, 0.2) is 0 Å². The average Bonchev–Trinajstić information content (AvgIpc) is 2.18. The zero-order valence-corrected chi connectivity index (χ0v) is 8.42. The minimum Gasteiger partial charge on any atom is -0.496 e. The normalized spacial score (nSPS) is 25.6. The second-order valence-corrected chi connectivity index (χ2v) is 3.66. The van der Waals surface area contributed by atoms with Crippen molar-refractivity contribution in [3.63, 3.8) is 0 Å². The van der Waals surface area contributed by atoms with Gasteiger partial charge in [0, 0.05) is 12.1 Å². The summed E-state index contributed by atoms with van der Waals surface area (Å²) in [7, 11) is 1.70. The monoisotopic (exact) mass is 192 g/mol. The number of benzene rings is 1. The highest BCUT2D eigenvalue weighted by Crippen LogP contribution is 2.35. The van der Waals surface area contributed by atoms with Crippen LogP contribution in [0.5, 0.6) is 5.75 Å². The van der Waals surface area contributed by atoms with Gasteiger partial charge in [0.1, 0.15) is 5.75 Å². The third-order valence-corrected chi connectivity index (χ3v) is 2.99. The van der Waals surface area contributed by atoms with Crippen molar-refractivity contribution in [2.45, 2.75) is 12.0 Å². The Morgan fingerprint density at radius 1 is 1.50 bits per heavy atom. The van der Waals surface area contributed by atoms with Crippen LogP contribution < -0.4 is 15.8 Å². The van der Waals surface area contributed by atoms with Gasteiger partial charge in [-0.2, -0.15) is 0 Å². The van der Waals surface area contributed by atoms with E-state index in [2.05, 4.69) is 11.4 Å². The number of para-hydroxylation sites is 1. The molecular weight excluding hydrogens is 176 g/mol. The van der Waals surface area contributed by atoms with Gasteiger partial charge in [-0.05, 0) is 19.0 Å². The first-order valence-electron chi connectivity index (χ1n) is 4.91. The van der Waals surface area contributed by atoms with Gasteiger partial charge in [0.25, 0.3) is 0 Å². The predicted octanol–water partition coefficient (Wildman–Crippen LogP) is 0.843. The van der Waals surface area contributed by atoms with E-state index in [1.165, 1.54) is 5.56 Å². The fraction of sp³-hybridized carbons (Fsp3) is 0.455. The zero-order valence-electron chi connectivity index (χ0n) is 8.42. The second kappa shape index (κ2) is 3.59. The van der Waals surface area contributed by atoms with Gasteiger partial charge in [-0.1, -0.05) is 18.2 Å². The van der Waals surface area contributed by atoms with Crippen molar-refractivity contribution in [3.8, 4) is 5.75 Å². The molecule has 1 fully saturated rings. The highest BCUT2D eigenvalue weighted by Gasteiger charge is 2.38. The van der Waals surface area contributed by atoms with E-state index < -0.39 is 0 Å². The van der Waals surface area contributed by atoms with Crippen LogP contribution in [-0.2, 0) is 5.54 Å². The molecule has 1 aromatic rings. The first-order chi connectivity index (χ1) is 6.82. The summed E-state index contributed by atoms with van der Waals surface area (Å²) >= 11 is 0. The molecule has 1 aromatic carbocycles. The molecule has 1 aliphatic heterocycles. The number of hydrogen-bond acceptors (Lipinski definition) is 3. The van der Waals surface area contributed by atoms with E-state index in [0.717, 1.165) is 18.7 Å². The summed E-state index contributed by atoms with van der Waals surface area (Å²) < 4.78 is 5.33. The van der Waals surface area contributed by atoms with Crippen LogP contribution in [-0.4, -0.2) is 20.2 Å². The van der Waals surface area contributed by atoms with Crippen molar-refractivity contribution in [2.24, 2.45) is 5.73 Å². The Hall–Kier alpha value is -1.06. The molecule has 1 unspecified atom stereocenters. The number of rotatable bonds is 3. The maximum absolute atomic E-state index is 5.81. The van der Waals surface area contributed by atoms with E-state index in [1.54, 1.807) is 7.11 Å². The fourth-order valence-electron chi connectivity index (χ4n) is 1.98. The summed E-state index contributed by atoms with van der Waals surface area (Å²) in [5.74, 6) is 0.921. The highest BCUT2D eigenvalue weighted by molar-refractivity contribution is 5.41. The van der Waals surface area contributed by atoms with Crippen molar-refractivity contribution in [2.75, 3.05) is 20.2 Å². The third kappa shape index (κ3) is 1.29. The zero-order chi connectivity index (χ0) is 10.0. The van der Waals surface area contributed by atoms with Crippen LogP contribution in [0, 0.1) is 0 Å². The van der Waals surface area contributed by atoms with E-state index >= 15 is 0 Å². The topological polar surface area (TPSA) is 47.3 Å². The maximum Gasteiger partial charge on any atom is 0.123 e. The lowest BCUT2D eigenvalue weighted by atomic mass is 9.80. The molecule has 0 saturated carbocycles. The molecule has 76 valence electrons. The Balaban J connectivity index is 2.38. The molecule has 3 nitrogen and oxygen atoms in total. The van der Waals surface area contributed by atoms with Crippen LogP contribution in [0.4, 0.5) is 0 Å². The predicted molar refractivity (Wildman–Crippen MR) is 56.3 cm³/mol. The molecule has 0 spiro atoms. The Morgan fingerprint density at radius 3 is 2.71 bits per heavy atom. The van der Waals surface area contributed by atoms with Gasteiger partial charge in [-0.3, -0.25) is 0 Å². The number of nitrogens with one attached hydrogen (secondary N) is 1. The summed E-state index contributed by atoms with van der Waals surface area (Å²) in [6, 6.07) is 8.06. The SMILES string of the molecule is COc1ccccc1C1(CN)CCN1. The molecule has 3 heteroatoms. The molecule has 2 rings (SSSR count).